The van der Waals surface area contributed by atoms with Gasteiger partial charge in [-0.05, 0) is 42.7 Å². The van der Waals surface area contributed by atoms with Crippen molar-refractivity contribution in [1.29, 1.82) is 0 Å². The molecule has 7 heteroatoms. The molecule has 1 aromatic heterocycles. The lowest BCUT2D eigenvalue weighted by Gasteiger charge is -2.10. The molecule has 1 amide bonds. The molecule has 4 N–H and O–H groups in total. The van der Waals surface area contributed by atoms with Gasteiger partial charge in [0.15, 0.2) is 0 Å². The molecule has 1 saturated heterocycles. The zero-order valence-electron chi connectivity index (χ0n) is 14.8. The van der Waals surface area contributed by atoms with E-state index in [2.05, 4.69) is 26.1 Å². The monoisotopic (exact) mass is 383 g/mol. The van der Waals surface area contributed by atoms with Crippen LogP contribution < -0.4 is 16.2 Å². The Labute approximate surface area is 162 Å². The van der Waals surface area contributed by atoms with Crippen LogP contribution in [-0.4, -0.2) is 28.5 Å². The van der Waals surface area contributed by atoms with Gasteiger partial charge < -0.3 is 10.3 Å². The molecular weight excluding hydrogens is 362 g/mol. The number of carbonyl (C=O) groups excluding carboxylic acids is 1. The number of fused-ring (bicyclic) bond motifs is 1. The number of aromatic nitrogens is 2. The molecule has 0 aliphatic carbocycles. The third-order valence-corrected chi connectivity index (χ3v) is 5.07. The number of carbonyl (C=O) groups is 1. The summed E-state index contributed by atoms with van der Waals surface area (Å²) in [5.41, 5.74) is 9.41. The van der Waals surface area contributed by atoms with Gasteiger partial charge in [-0.2, -0.15) is 0 Å². The molecule has 2 atom stereocenters. The number of imidazole rings is 1. The summed E-state index contributed by atoms with van der Waals surface area (Å²) < 4.78 is 0. The molecule has 2 heterocycles. The van der Waals surface area contributed by atoms with E-state index in [0.29, 0.717) is 18.0 Å². The Morgan fingerprint density at radius 1 is 1.15 bits per heavy atom. The summed E-state index contributed by atoms with van der Waals surface area (Å²) in [5.74, 6) is 0.970. The number of hydrogen-bond donors (Lipinski definition) is 4. The van der Waals surface area contributed by atoms with Crippen LogP contribution in [0.1, 0.15) is 30.3 Å². The molecule has 0 bridgehead atoms. The van der Waals surface area contributed by atoms with E-state index in [9.17, 15) is 4.79 Å². The lowest BCUT2D eigenvalue weighted by atomic mass is 10.0. The van der Waals surface area contributed by atoms with Crippen LogP contribution >= 0.6 is 11.6 Å². The van der Waals surface area contributed by atoms with E-state index in [1.807, 2.05) is 48.5 Å². The Hall–Kier alpha value is -2.41. The normalized spacial score (nSPS) is 19.4. The first-order valence-electron chi connectivity index (χ1n) is 9.17. The third-order valence-electron chi connectivity index (χ3n) is 4.82. The van der Waals surface area contributed by atoms with Gasteiger partial charge in [0, 0.05) is 24.0 Å². The molecule has 0 spiro atoms. The van der Waals surface area contributed by atoms with Gasteiger partial charge >= 0.3 is 0 Å². The fraction of sp³-hybridized carbons (Fsp3) is 0.300. The molecule has 6 nitrogen and oxygen atoms in total. The zero-order valence-corrected chi connectivity index (χ0v) is 15.6. The van der Waals surface area contributed by atoms with Gasteiger partial charge in [0.2, 0.25) is 5.91 Å². The summed E-state index contributed by atoms with van der Waals surface area (Å²) in [4.78, 5) is 20.2. The van der Waals surface area contributed by atoms with Gasteiger partial charge in [-0.1, -0.05) is 35.9 Å². The quantitative estimate of drug-likeness (QED) is 0.493. The first-order chi connectivity index (χ1) is 13.2. The van der Waals surface area contributed by atoms with Gasteiger partial charge in [-0.15, -0.1) is 0 Å². The molecule has 2 unspecified atom stereocenters. The van der Waals surface area contributed by atoms with Crippen LogP contribution in [0.15, 0.2) is 48.5 Å². The highest BCUT2D eigenvalue weighted by Gasteiger charge is 2.29. The van der Waals surface area contributed by atoms with Crippen LogP contribution in [0.4, 0.5) is 0 Å². The van der Waals surface area contributed by atoms with E-state index in [1.54, 1.807) is 0 Å². The average molecular weight is 384 g/mol. The minimum atomic E-state index is -0.239. The number of H-pyrrole nitrogens is 1. The topological polar surface area (TPSA) is 81.8 Å². The fourth-order valence-corrected chi connectivity index (χ4v) is 3.48. The number of para-hydroxylation sites is 2. The maximum atomic E-state index is 12.4. The predicted octanol–water partition coefficient (Wildman–Crippen LogP) is 2.87. The van der Waals surface area contributed by atoms with Crippen LogP contribution in [0.2, 0.25) is 5.02 Å². The summed E-state index contributed by atoms with van der Waals surface area (Å²) >= 11 is 5.93. The number of hydrazine groups is 1. The smallest absolute Gasteiger partial charge is 0.238 e. The van der Waals surface area contributed by atoms with Crippen molar-refractivity contribution in [3.05, 3.63) is 64.9 Å². The first-order valence-corrected chi connectivity index (χ1v) is 9.55. The summed E-state index contributed by atoms with van der Waals surface area (Å²) in [6, 6.07) is 15.5. The summed E-state index contributed by atoms with van der Waals surface area (Å²) in [7, 11) is 0. The van der Waals surface area contributed by atoms with Crippen molar-refractivity contribution >= 4 is 28.5 Å². The minimum Gasteiger partial charge on any atom is -0.355 e. The number of nitrogens with one attached hydrogen (secondary N) is 4. The summed E-state index contributed by atoms with van der Waals surface area (Å²) in [6.07, 6.45) is 2.35. The lowest BCUT2D eigenvalue weighted by molar-refractivity contribution is -0.122. The number of hydrogen-bond acceptors (Lipinski definition) is 4. The Morgan fingerprint density at radius 2 is 1.96 bits per heavy atom. The van der Waals surface area contributed by atoms with E-state index in [1.165, 1.54) is 0 Å². The number of rotatable bonds is 6. The lowest BCUT2D eigenvalue weighted by Crippen LogP contribution is -2.43. The van der Waals surface area contributed by atoms with Gasteiger partial charge in [0.25, 0.3) is 0 Å². The van der Waals surface area contributed by atoms with Crippen LogP contribution in [0.5, 0.6) is 0 Å². The highest BCUT2D eigenvalue weighted by Crippen LogP contribution is 2.23. The molecule has 2 aromatic carbocycles. The third kappa shape index (κ3) is 4.30. The molecule has 0 saturated carbocycles. The van der Waals surface area contributed by atoms with Gasteiger partial charge in [0.1, 0.15) is 11.9 Å². The number of aryl methyl sites for hydroxylation is 1. The maximum absolute atomic E-state index is 12.4. The van der Waals surface area contributed by atoms with E-state index < -0.39 is 0 Å². The molecule has 140 valence electrons. The second-order valence-electron chi connectivity index (χ2n) is 6.78. The van der Waals surface area contributed by atoms with Crippen molar-refractivity contribution < 1.29 is 4.79 Å². The second kappa shape index (κ2) is 8.08. The molecule has 1 aliphatic heterocycles. The Balaban J connectivity index is 1.22. The standard InChI is InChI=1S/C20H22ClN5O/c21-14-9-7-13(8-10-14)17-12-18(26-25-17)20(27)22-11-3-6-19-23-15-4-1-2-5-16(15)24-19/h1-2,4-5,7-10,17-18,25-26H,3,6,11-12H2,(H,22,27)(H,23,24). The fourth-order valence-electron chi connectivity index (χ4n) is 3.36. The van der Waals surface area contributed by atoms with Crippen LogP contribution in [-0.2, 0) is 11.2 Å². The SMILES string of the molecule is O=C(NCCCc1nc2ccccc2[nH]1)C1CC(c2ccc(Cl)cc2)NN1. The predicted molar refractivity (Wildman–Crippen MR) is 106 cm³/mol. The largest absolute Gasteiger partial charge is 0.355 e. The Bertz CT molecular complexity index is 891. The minimum absolute atomic E-state index is 0.0172. The Kier molecular flexibility index (Phi) is 5.38. The van der Waals surface area contributed by atoms with Crippen molar-refractivity contribution in [2.24, 2.45) is 0 Å². The van der Waals surface area contributed by atoms with Gasteiger partial charge in [-0.25, -0.2) is 15.8 Å². The van der Waals surface area contributed by atoms with E-state index in [4.69, 9.17) is 11.6 Å². The second-order valence-corrected chi connectivity index (χ2v) is 7.21. The molecule has 4 rings (SSSR count). The van der Waals surface area contributed by atoms with Gasteiger partial charge in [0.05, 0.1) is 11.0 Å². The summed E-state index contributed by atoms with van der Waals surface area (Å²) in [5, 5.41) is 3.72. The molecule has 1 aliphatic rings. The molecule has 3 aromatic rings. The average Bonchev–Trinajstić information content (AvgIpc) is 3.32. The van der Waals surface area contributed by atoms with Crippen molar-refractivity contribution in [2.45, 2.75) is 31.3 Å². The first kappa shape index (κ1) is 18.0. The molecular formula is C20H22ClN5O. The van der Waals surface area contributed by atoms with E-state index >= 15 is 0 Å². The summed E-state index contributed by atoms with van der Waals surface area (Å²) in [6.45, 7) is 0.625. The Morgan fingerprint density at radius 3 is 2.78 bits per heavy atom. The van der Waals surface area contributed by atoms with Crippen molar-refractivity contribution in [2.75, 3.05) is 6.54 Å². The van der Waals surface area contributed by atoms with E-state index in [-0.39, 0.29) is 18.0 Å². The number of amides is 1. The molecule has 0 radical (unpaired) electrons. The highest BCUT2D eigenvalue weighted by atomic mass is 35.5. The van der Waals surface area contributed by atoms with Crippen LogP contribution in [0.25, 0.3) is 11.0 Å². The van der Waals surface area contributed by atoms with Crippen molar-refractivity contribution in [3.63, 3.8) is 0 Å². The zero-order chi connectivity index (χ0) is 18.6. The number of benzene rings is 2. The van der Waals surface area contributed by atoms with Gasteiger partial charge in [-0.3, -0.25) is 4.79 Å². The number of halogens is 1. The highest BCUT2D eigenvalue weighted by molar-refractivity contribution is 6.30. The van der Waals surface area contributed by atoms with Crippen molar-refractivity contribution in [1.82, 2.24) is 26.1 Å². The number of nitrogens with zero attached hydrogens (tertiary/aromatic N) is 1. The van der Waals surface area contributed by atoms with Crippen LogP contribution in [0.3, 0.4) is 0 Å². The van der Waals surface area contributed by atoms with E-state index in [0.717, 1.165) is 35.3 Å². The maximum Gasteiger partial charge on any atom is 0.238 e. The van der Waals surface area contributed by atoms with Crippen LogP contribution in [0, 0.1) is 0 Å². The molecule has 1 fully saturated rings. The number of aromatic amines is 1. The molecule has 27 heavy (non-hydrogen) atoms. The van der Waals surface area contributed by atoms with Crippen molar-refractivity contribution in [3.8, 4) is 0 Å².